The average molecular weight is 248 g/mol. The summed E-state index contributed by atoms with van der Waals surface area (Å²) >= 11 is 0. The number of ether oxygens (including phenoxy) is 1. The lowest BCUT2D eigenvalue weighted by molar-refractivity contribution is -0.127. The van der Waals surface area contributed by atoms with Crippen LogP contribution in [-0.4, -0.2) is 30.3 Å². The molecule has 0 bridgehead atoms. The standard InChI is InChI=1S/C13H16N2O3/c1-10(13(17)15-7-4-8-16)18-12-6-3-2-5-11(12)9-14/h2-3,5-6,10,16H,4,7-8H2,1H3,(H,15,17). The Hall–Kier alpha value is -2.06. The lowest BCUT2D eigenvalue weighted by Crippen LogP contribution is -2.37. The van der Waals surface area contributed by atoms with Crippen LogP contribution in [0.3, 0.4) is 0 Å². The van der Waals surface area contributed by atoms with E-state index in [1.54, 1.807) is 31.2 Å². The van der Waals surface area contributed by atoms with Crippen LogP contribution in [0.4, 0.5) is 0 Å². The first-order valence-corrected chi connectivity index (χ1v) is 5.73. The predicted molar refractivity (Wildman–Crippen MR) is 66.0 cm³/mol. The molecular formula is C13H16N2O3. The number of hydrogen-bond acceptors (Lipinski definition) is 4. The topological polar surface area (TPSA) is 82.3 Å². The van der Waals surface area contributed by atoms with Gasteiger partial charge in [0.2, 0.25) is 0 Å². The maximum atomic E-state index is 11.6. The van der Waals surface area contributed by atoms with Crippen molar-refractivity contribution in [2.24, 2.45) is 0 Å². The van der Waals surface area contributed by atoms with Crippen LogP contribution in [0, 0.1) is 11.3 Å². The summed E-state index contributed by atoms with van der Waals surface area (Å²) in [6.07, 6.45) is -0.175. The number of amides is 1. The van der Waals surface area contributed by atoms with E-state index in [1.165, 1.54) is 0 Å². The van der Waals surface area contributed by atoms with Gasteiger partial charge in [0, 0.05) is 13.2 Å². The lowest BCUT2D eigenvalue weighted by atomic mass is 10.2. The highest BCUT2D eigenvalue weighted by Crippen LogP contribution is 2.17. The Morgan fingerprint density at radius 2 is 2.28 bits per heavy atom. The first kappa shape index (κ1) is 14.0. The smallest absolute Gasteiger partial charge is 0.260 e. The number of nitriles is 1. The number of carbonyl (C=O) groups is 1. The number of carbonyl (C=O) groups excluding carboxylic acids is 1. The molecular weight excluding hydrogens is 232 g/mol. The van der Waals surface area contributed by atoms with Crippen molar-refractivity contribution in [1.82, 2.24) is 5.32 Å². The molecule has 0 saturated heterocycles. The van der Waals surface area contributed by atoms with Gasteiger partial charge in [-0.2, -0.15) is 5.26 Å². The summed E-state index contributed by atoms with van der Waals surface area (Å²) in [5.74, 6) is 0.126. The fourth-order valence-corrected chi connectivity index (χ4v) is 1.34. The molecule has 5 heteroatoms. The molecule has 0 aliphatic heterocycles. The quantitative estimate of drug-likeness (QED) is 0.730. The molecule has 1 rings (SSSR count). The van der Waals surface area contributed by atoms with Crippen molar-refractivity contribution < 1.29 is 14.6 Å². The Labute approximate surface area is 106 Å². The molecule has 0 heterocycles. The van der Waals surface area contributed by atoms with Gasteiger partial charge >= 0.3 is 0 Å². The monoisotopic (exact) mass is 248 g/mol. The maximum absolute atomic E-state index is 11.6. The largest absolute Gasteiger partial charge is 0.480 e. The molecule has 1 aromatic carbocycles. The summed E-state index contributed by atoms with van der Waals surface area (Å²) < 4.78 is 5.43. The highest BCUT2D eigenvalue weighted by atomic mass is 16.5. The van der Waals surface area contributed by atoms with Crippen LogP contribution in [0.5, 0.6) is 5.75 Å². The van der Waals surface area contributed by atoms with Crippen LogP contribution in [0.1, 0.15) is 18.9 Å². The third kappa shape index (κ3) is 4.07. The maximum Gasteiger partial charge on any atom is 0.260 e. The molecule has 1 aromatic rings. The summed E-state index contributed by atoms with van der Waals surface area (Å²) in [6, 6.07) is 8.76. The highest BCUT2D eigenvalue weighted by molar-refractivity contribution is 5.80. The van der Waals surface area contributed by atoms with Crippen LogP contribution >= 0.6 is 0 Å². The van der Waals surface area contributed by atoms with E-state index in [2.05, 4.69) is 5.32 Å². The number of rotatable bonds is 6. The summed E-state index contributed by atoms with van der Waals surface area (Å²) in [6.45, 7) is 2.05. The molecule has 96 valence electrons. The second kappa shape index (κ2) is 7.30. The van der Waals surface area contributed by atoms with Crippen LogP contribution in [0.15, 0.2) is 24.3 Å². The van der Waals surface area contributed by atoms with Crippen molar-refractivity contribution in [3.05, 3.63) is 29.8 Å². The second-order valence-electron chi connectivity index (χ2n) is 3.74. The third-order valence-electron chi connectivity index (χ3n) is 2.31. The van der Waals surface area contributed by atoms with Crippen LogP contribution in [0.25, 0.3) is 0 Å². The SMILES string of the molecule is CC(Oc1ccccc1C#N)C(=O)NCCCO. The Bertz CT molecular complexity index is 440. The Morgan fingerprint density at radius 3 is 2.94 bits per heavy atom. The van der Waals surface area contributed by atoms with Crippen molar-refractivity contribution in [3.63, 3.8) is 0 Å². The molecule has 0 radical (unpaired) electrons. The minimum atomic E-state index is -0.682. The molecule has 0 aliphatic rings. The van der Waals surface area contributed by atoms with Crippen LogP contribution in [0.2, 0.25) is 0 Å². The Kier molecular flexibility index (Phi) is 5.68. The van der Waals surface area contributed by atoms with Gasteiger partial charge in [-0.1, -0.05) is 12.1 Å². The molecule has 0 aromatic heterocycles. The van der Waals surface area contributed by atoms with E-state index in [0.717, 1.165) is 0 Å². The molecule has 5 nitrogen and oxygen atoms in total. The van der Waals surface area contributed by atoms with E-state index in [-0.39, 0.29) is 12.5 Å². The number of hydrogen-bond donors (Lipinski definition) is 2. The van der Waals surface area contributed by atoms with Crippen molar-refractivity contribution in [3.8, 4) is 11.8 Å². The van der Waals surface area contributed by atoms with Gasteiger partial charge in [-0.05, 0) is 25.5 Å². The predicted octanol–water partition coefficient (Wildman–Crippen LogP) is 0.824. The molecule has 1 unspecified atom stereocenters. The van der Waals surface area contributed by atoms with Gasteiger partial charge in [-0.25, -0.2) is 0 Å². The molecule has 1 atom stereocenters. The number of aliphatic hydroxyl groups is 1. The fraction of sp³-hybridized carbons (Fsp3) is 0.385. The van der Waals surface area contributed by atoms with Gasteiger partial charge in [-0.15, -0.1) is 0 Å². The first-order valence-electron chi connectivity index (χ1n) is 5.73. The van der Waals surface area contributed by atoms with Gasteiger partial charge in [-0.3, -0.25) is 4.79 Å². The average Bonchev–Trinajstić information content (AvgIpc) is 2.39. The Morgan fingerprint density at radius 1 is 1.56 bits per heavy atom. The first-order chi connectivity index (χ1) is 8.69. The van der Waals surface area contributed by atoms with E-state index in [4.69, 9.17) is 15.1 Å². The normalized spacial score (nSPS) is 11.4. The van der Waals surface area contributed by atoms with Gasteiger partial charge in [0.1, 0.15) is 11.8 Å². The number of aliphatic hydroxyl groups excluding tert-OH is 1. The third-order valence-corrected chi connectivity index (χ3v) is 2.31. The zero-order chi connectivity index (χ0) is 13.4. The molecule has 0 fully saturated rings. The van der Waals surface area contributed by atoms with Gasteiger partial charge in [0.05, 0.1) is 5.56 Å². The van der Waals surface area contributed by atoms with Gasteiger partial charge in [0.25, 0.3) is 5.91 Å². The van der Waals surface area contributed by atoms with Crippen molar-refractivity contribution >= 4 is 5.91 Å². The summed E-state index contributed by atoms with van der Waals surface area (Å²) in [7, 11) is 0. The zero-order valence-electron chi connectivity index (χ0n) is 10.2. The van der Waals surface area contributed by atoms with Crippen molar-refractivity contribution in [2.45, 2.75) is 19.4 Å². The van der Waals surface area contributed by atoms with Crippen molar-refractivity contribution in [1.29, 1.82) is 5.26 Å². The van der Waals surface area contributed by atoms with E-state index >= 15 is 0 Å². The van der Waals surface area contributed by atoms with E-state index < -0.39 is 6.10 Å². The van der Waals surface area contributed by atoms with Gasteiger partial charge < -0.3 is 15.2 Å². The summed E-state index contributed by atoms with van der Waals surface area (Å²) in [4.78, 5) is 11.6. The molecule has 0 aliphatic carbocycles. The number of nitrogens with zero attached hydrogens (tertiary/aromatic N) is 1. The molecule has 0 spiro atoms. The molecule has 18 heavy (non-hydrogen) atoms. The number of benzene rings is 1. The number of para-hydroxylation sites is 1. The highest BCUT2D eigenvalue weighted by Gasteiger charge is 2.15. The zero-order valence-corrected chi connectivity index (χ0v) is 10.2. The van der Waals surface area contributed by atoms with E-state index in [1.807, 2.05) is 6.07 Å². The van der Waals surface area contributed by atoms with Crippen LogP contribution < -0.4 is 10.1 Å². The van der Waals surface area contributed by atoms with Crippen LogP contribution in [-0.2, 0) is 4.79 Å². The van der Waals surface area contributed by atoms with Crippen molar-refractivity contribution in [2.75, 3.05) is 13.2 Å². The van der Waals surface area contributed by atoms with E-state index in [9.17, 15) is 4.79 Å². The number of nitrogens with one attached hydrogen (secondary N) is 1. The molecule has 1 amide bonds. The summed E-state index contributed by atoms with van der Waals surface area (Å²) in [5, 5.41) is 20.1. The summed E-state index contributed by atoms with van der Waals surface area (Å²) in [5.41, 5.74) is 0.396. The molecule has 2 N–H and O–H groups in total. The minimum absolute atomic E-state index is 0.0345. The van der Waals surface area contributed by atoms with Gasteiger partial charge in [0.15, 0.2) is 6.10 Å². The Balaban J connectivity index is 2.56. The minimum Gasteiger partial charge on any atom is -0.480 e. The lowest BCUT2D eigenvalue weighted by Gasteiger charge is -2.15. The second-order valence-corrected chi connectivity index (χ2v) is 3.74. The fourth-order valence-electron chi connectivity index (χ4n) is 1.34. The van der Waals surface area contributed by atoms with E-state index in [0.29, 0.717) is 24.3 Å². The molecule has 0 saturated carbocycles.